The van der Waals surface area contributed by atoms with Crippen LogP contribution in [0.3, 0.4) is 0 Å². The lowest BCUT2D eigenvalue weighted by Gasteiger charge is -2.35. The topological polar surface area (TPSA) is 32.8 Å². The molecule has 122 valence electrons. The molecule has 0 N–H and O–H groups in total. The van der Waals surface area contributed by atoms with E-state index in [-0.39, 0.29) is 11.9 Å². The second kappa shape index (κ2) is 6.65. The first-order valence-electron chi connectivity index (χ1n) is 7.70. The summed E-state index contributed by atoms with van der Waals surface area (Å²) in [7, 11) is 0. The highest BCUT2D eigenvalue weighted by Crippen LogP contribution is 2.15. The Balaban J connectivity index is 1.86. The standard InChI is InChI=1S/C17H25FN2O2/c1-13-5-6-14(15(18)11-13)12-19-7-9-20(10-8-19)16(21)22-17(2,3)4/h5-6,11H,7-10,12H2,1-4H3. The van der Waals surface area contributed by atoms with Crippen molar-refractivity contribution >= 4 is 6.09 Å². The quantitative estimate of drug-likeness (QED) is 0.841. The van der Waals surface area contributed by atoms with E-state index in [1.807, 2.05) is 39.8 Å². The Morgan fingerprint density at radius 2 is 1.86 bits per heavy atom. The fraction of sp³-hybridized carbons (Fsp3) is 0.588. The number of amides is 1. The summed E-state index contributed by atoms with van der Waals surface area (Å²) in [5.74, 6) is -0.158. The highest BCUT2D eigenvalue weighted by atomic mass is 19.1. The van der Waals surface area contributed by atoms with Gasteiger partial charge in [-0.25, -0.2) is 9.18 Å². The zero-order valence-electron chi connectivity index (χ0n) is 13.9. The molecule has 0 aromatic heterocycles. The van der Waals surface area contributed by atoms with Gasteiger partial charge < -0.3 is 9.64 Å². The predicted molar refractivity (Wildman–Crippen MR) is 84.2 cm³/mol. The van der Waals surface area contributed by atoms with Gasteiger partial charge in [-0.05, 0) is 39.3 Å². The predicted octanol–water partition coefficient (Wildman–Crippen LogP) is 3.19. The molecular weight excluding hydrogens is 283 g/mol. The second-order valence-electron chi connectivity index (χ2n) is 6.84. The molecule has 0 bridgehead atoms. The normalized spacial score (nSPS) is 16.7. The number of aryl methyl sites for hydroxylation is 1. The molecule has 1 heterocycles. The molecule has 1 aliphatic rings. The van der Waals surface area contributed by atoms with Crippen LogP contribution in [0.1, 0.15) is 31.9 Å². The molecule has 5 heteroatoms. The average Bonchev–Trinajstić information content (AvgIpc) is 2.41. The number of nitrogens with zero attached hydrogens (tertiary/aromatic N) is 2. The minimum atomic E-state index is -0.473. The van der Waals surface area contributed by atoms with E-state index in [2.05, 4.69) is 4.90 Å². The van der Waals surface area contributed by atoms with Gasteiger partial charge in [-0.3, -0.25) is 4.90 Å². The number of carbonyl (C=O) groups is 1. The minimum absolute atomic E-state index is 0.158. The summed E-state index contributed by atoms with van der Waals surface area (Å²) in [6, 6.07) is 5.33. The maximum absolute atomic E-state index is 13.9. The molecule has 1 aliphatic heterocycles. The van der Waals surface area contributed by atoms with Crippen molar-refractivity contribution in [3.05, 3.63) is 35.1 Å². The van der Waals surface area contributed by atoms with Crippen molar-refractivity contribution in [3.63, 3.8) is 0 Å². The summed E-state index contributed by atoms with van der Waals surface area (Å²) < 4.78 is 19.3. The van der Waals surface area contributed by atoms with Crippen molar-refractivity contribution in [1.82, 2.24) is 9.80 Å². The van der Waals surface area contributed by atoms with Crippen molar-refractivity contribution in [3.8, 4) is 0 Å². The molecular formula is C17H25FN2O2. The van der Waals surface area contributed by atoms with Crippen molar-refractivity contribution in [2.75, 3.05) is 26.2 Å². The minimum Gasteiger partial charge on any atom is -0.444 e. The Bertz CT molecular complexity index is 532. The van der Waals surface area contributed by atoms with Crippen molar-refractivity contribution < 1.29 is 13.9 Å². The summed E-state index contributed by atoms with van der Waals surface area (Å²) in [6.07, 6.45) is -0.270. The van der Waals surface area contributed by atoms with Crippen LogP contribution in [0.25, 0.3) is 0 Å². The highest BCUT2D eigenvalue weighted by Gasteiger charge is 2.26. The summed E-state index contributed by atoms with van der Waals surface area (Å²) >= 11 is 0. The van der Waals surface area contributed by atoms with E-state index in [1.54, 1.807) is 11.0 Å². The van der Waals surface area contributed by atoms with E-state index >= 15 is 0 Å². The first kappa shape index (κ1) is 16.7. The van der Waals surface area contributed by atoms with Gasteiger partial charge in [0.2, 0.25) is 0 Å². The van der Waals surface area contributed by atoms with Gasteiger partial charge in [0.15, 0.2) is 0 Å². The number of carbonyl (C=O) groups excluding carboxylic acids is 1. The number of hydrogen-bond donors (Lipinski definition) is 0. The van der Waals surface area contributed by atoms with Crippen LogP contribution >= 0.6 is 0 Å². The Kier molecular flexibility index (Phi) is 5.06. The summed E-state index contributed by atoms with van der Waals surface area (Å²) in [6.45, 7) is 10.7. The van der Waals surface area contributed by atoms with Crippen LogP contribution in [0.2, 0.25) is 0 Å². The van der Waals surface area contributed by atoms with E-state index in [0.29, 0.717) is 25.2 Å². The first-order chi connectivity index (χ1) is 10.2. The molecule has 0 spiro atoms. The van der Waals surface area contributed by atoms with Crippen LogP contribution in [-0.4, -0.2) is 47.7 Å². The van der Waals surface area contributed by atoms with Crippen molar-refractivity contribution in [1.29, 1.82) is 0 Å². The maximum atomic E-state index is 13.9. The number of rotatable bonds is 2. The third kappa shape index (κ3) is 4.70. The van der Waals surface area contributed by atoms with E-state index < -0.39 is 5.60 Å². The largest absolute Gasteiger partial charge is 0.444 e. The van der Waals surface area contributed by atoms with Crippen LogP contribution < -0.4 is 0 Å². The number of benzene rings is 1. The summed E-state index contributed by atoms with van der Waals surface area (Å²) in [4.78, 5) is 15.9. The third-order valence-electron chi connectivity index (χ3n) is 3.63. The van der Waals surface area contributed by atoms with Crippen molar-refractivity contribution in [2.24, 2.45) is 0 Å². The van der Waals surface area contributed by atoms with Gasteiger partial charge in [-0.2, -0.15) is 0 Å². The van der Waals surface area contributed by atoms with Crippen molar-refractivity contribution in [2.45, 2.75) is 39.8 Å². The molecule has 1 aromatic carbocycles. The Morgan fingerprint density at radius 1 is 1.23 bits per heavy atom. The average molecular weight is 308 g/mol. The highest BCUT2D eigenvalue weighted by molar-refractivity contribution is 5.68. The molecule has 22 heavy (non-hydrogen) atoms. The van der Waals surface area contributed by atoms with Gasteiger partial charge in [-0.15, -0.1) is 0 Å². The first-order valence-corrected chi connectivity index (χ1v) is 7.70. The number of halogens is 1. The van der Waals surface area contributed by atoms with Gasteiger partial charge in [-0.1, -0.05) is 12.1 Å². The molecule has 0 unspecified atom stereocenters. The molecule has 0 saturated carbocycles. The SMILES string of the molecule is Cc1ccc(CN2CCN(C(=O)OC(C)(C)C)CC2)c(F)c1. The fourth-order valence-electron chi connectivity index (χ4n) is 2.44. The van der Waals surface area contributed by atoms with E-state index in [4.69, 9.17) is 4.74 Å². The van der Waals surface area contributed by atoms with Gasteiger partial charge in [0.1, 0.15) is 11.4 Å². The monoisotopic (exact) mass is 308 g/mol. The lowest BCUT2D eigenvalue weighted by atomic mass is 10.1. The lowest BCUT2D eigenvalue weighted by molar-refractivity contribution is 0.0138. The van der Waals surface area contributed by atoms with Gasteiger partial charge in [0.25, 0.3) is 0 Å². The summed E-state index contributed by atoms with van der Waals surface area (Å²) in [5.41, 5.74) is 1.16. The molecule has 0 atom stereocenters. The summed E-state index contributed by atoms with van der Waals surface area (Å²) in [5, 5.41) is 0. The molecule has 1 amide bonds. The number of ether oxygens (including phenoxy) is 1. The lowest BCUT2D eigenvalue weighted by Crippen LogP contribution is -2.49. The molecule has 0 radical (unpaired) electrons. The van der Waals surface area contributed by atoms with Gasteiger partial charge >= 0.3 is 6.09 Å². The number of piperazine rings is 1. The number of hydrogen-bond acceptors (Lipinski definition) is 3. The van der Waals surface area contributed by atoms with E-state index in [0.717, 1.165) is 18.7 Å². The Morgan fingerprint density at radius 3 is 2.41 bits per heavy atom. The molecule has 2 rings (SSSR count). The Hall–Kier alpha value is -1.62. The molecule has 1 aromatic rings. The third-order valence-corrected chi connectivity index (χ3v) is 3.63. The van der Waals surface area contributed by atoms with Crippen LogP contribution in [0, 0.1) is 12.7 Å². The van der Waals surface area contributed by atoms with E-state index in [9.17, 15) is 9.18 Å². The molecule has 1 saturated heterocycles. The van der Waals surface area contributed by atoms with E-state index in [1.165, 1.54) is 0 Å². The second-order valence-corrected chi connectivity index (χ2v) is 6.84. The molecule has 4 nitrogen and oxygen atoms in total. The molecule has 0 aliphatic carbocycles. The van der Waals surface area contributed by atoms with Crippen LogP contribution in [0.4, 0.5) is 9.18 Å². The Labute approximate surface area is 131 Å². The van der Waals surface area contributed by atoms with Crippen LogP contribution in [0.15, 0.2) is 18.2 Å². The van der Waals surface area contributed by atoms with Gasteiger partial charge in [0, 0.05) is 38.3 Å². The zero-order chi connectivity index (χ0) is 16.3. The molecule has 1 fully saturated rings. The zero-order valence-corrected chi connectivity index (χ0v) is 13.9. The van der Waals surface area contributed by atoms with Gasteiger partial charge in [0.05, 0.1) is 0 Å². The van der Waals surface area contributed by atoms with Crippen LogP contribution in [0.5, 0.6) is 0 Å². The maximum Gasteiger partial charge on any atom is 0.410 e. The smallest absolute Gasteiger partial charge is 0.410 e. The fourth-order valence-corrected chi connectivity index (χ4v) is 2.44. The van der Waals surface area contributed by atoms with Crippen LogP contribution in [-0.2, 0) is 11.3 Å².